The highest BCUT2D eigenvalue weighted by molar-refractivity contribution is 6.31. The molecule has 10 heteroatoms. The average Bonchev–Trinajstić information content (AvgIpc) is 3.38. The summed E-state index contributed by atoms with van der Waals surface area (Å²) >= 11 is 12.5. The lowest BCUT2D eigenvalue weighted by Gasteiger charge is -2.37. The smallest absolute Gasteiger partial charge is 0.242 e. The maximum Gasteiger partial charge on any atom is 0.242 e. The number of benzene rings is 3. The van der Waals surface area contributed by atoms with Crippen molar-refractivity contribution in [1.82, 2.24) is 5.32 Å². The van der Waals surface area contributed by atoms with Gasteiger partial charge >= 0.3 is 0 Å². The zero-order valence-electron chi connectivity index (χ0n) is 22.9. The Bertz CT molecular complexity index is 1480. The van der Waals surface area contributed by atoms with Crippen LogP contribution in [-0.2, 0) is 15.0 Å². The van der Waals surface area contributed by atoms with Crippen molar-refractivity contribution in [2.75, 3.05) is 23.8 Å². The van der Waals surface area contributed by atoms with Crippen LogP contribution in [0.15, 0.2) is 60.7 Å². The predicted molar refractivity (Wildman–Crippen MR) is 158 cm³/mol. The number of nitrogens with one attached hydrogen (secondary N) is 3. The largest absolute Gasteiger partial charge is 0.491 e. The summed E-state index contributed by atoms with van der Waals surface area (Å²) in [6, 6.07) is 15.0. The fraction of sp³-hybridized carbons (Fsp3) is 0.355. The summed E-state index contributed by atoms with van der Waals surface area (Å²) in [6.45, 7) is 6.20. The Kier molecular flexibility index (Phi) is 8.05. The van der Waals surface area contributed by atoms with Gasteiger partial charge in [0.15, 0.2) is 0 Å². The van der Waals surface area contributed by atoms with E-state index in [2.05, 4.69) is 36.7 Å². The van der Waals surface area contributed by atoms with Gasteiger partial charge in [0, 0.05) is 28.4 Å². The lowest BCUT2D eigenvalue weighted by Crippen LogP contribution is -2.49. The Hall–Kier alpha value is -3.17. The molecule has 216 valence electrons. The number of halogens is 3. The molecule has 1 spiro atoms. The van der Waals surface area contributed by atoms with Gasteiger partial charge in [-0.2, -0.15) is 0 Å². The molecule has 41 heavy (non-hydrogen) atoms. The Morgan fingerprint density at radius 1 is 1.12 bits per heavy atom. The molecule has 5 rings (SSSR count). The molecule has 7 nitrogen and oxygen atoms in total. The Balaban J connectivity index is 1.64. The molecule has 0 aliphatic carbocycles. The first-order valence-electron chi connectivity index (χ1n) is 13.4. The van der Waals surface area contributed by atoms with Gasteiger partial charge in [-0.25, -0.2) is 4.39 Å². The summed E-state index contributed by atoms with van der Waals surface area (Å²) in [5.74, 6) is -1.83. The molecular formula is C31H32Cl2FN3O4. The van der Waals surface area contributed by atoms with Crippen molar-refractivity contribution in [3.8, 4) is 5.75 Å². The molecule has 2 aliphatic heterocycles. The number of rotatable bonds is 7. The van der Waals surface area contributed by atoms with E-state index < -0.39 is 35.1 Å². The number of amides is 2. The minimum atomic E-state index is -1.33. The van der Waals surface area contributed by atoms with Crippen molar-refractivity contribution >= 4 is 46.4 Å². The molecule has 2 amide bonds. The number of aliphatic hydroxyl groups is 1. The maximum absolute atomic E-state index is 15.9. The van der Waals surface area contributed by atoms with E-state index in [0.717, 1.165) is 0 Å². The summed E-state index contributed by atoms with van der Waals surface area (Å²) in [6.07, 6.45) is 0.516. The molecule has 0 aromatic heterocycles. The summed E-state index contributed by atoms with van der Waals surface area (Å²) < 4.78 is 21.3. The Labute approximate surface area is 248 Å². The minimum Gasteiger partial charge on any atom is -0.491 e. The maximum atomic E-state index is 15.9. The molecule has 2 heterocycles. The molecule has 1 fully saturated rings. The zero-order valence-corrected chi connectivity index (χ0v) is 24.4. The van der Waals surface area contributed by atoms with E-state index in [9.17, 15) is 9.59 Å². The highest BCUT2D eigenvalue weighted by Crippen LogP contribution is 2.57. The number of anilines is 2. The van der Waals surface area contributed by atoms with Crippen molar-refractivity contribution in [3.05, 3.63) is 87.7 Å². The first-order chi connectivity index (χ1) is 19.5. The Morgan fingerprint density at radius 2 is 1.85 bits per heavy atom. The summed E-state index contributed by atoms with van der Waals surface area (Å²) in [7, 11) is 0. The van der Waals surface area contributed by atoms with Crippen LogP contribution in [0.2, 0.25) is 10.0 Å². The van der Waals surface area contributed by atoms with E-state index in [4.69, 9.17) is 33.0 Å². The number of aliphatic hydroxyl groups excluding tert-OH is 1. The number of carbonyl (C=O) groups excluding carboxylic acids is 2. The standard InChI is InChI=1S/C31H32Cl2FN3O4/c1-30(2,3)16-24-31(21-12-7-17(32)15-23(21)36-29(31)40)25(20-5-4-6-22(33)26(20)34)27(37-24)28(39)35-18-8-10-19(11-9-18)41-14-13-38/h4-12,15,24-25,27,37-38H,13-14,16H2,1-3H3,(H,35,39)(H,36,40)/t24-,25+,27+,31?/m0/s1. The van der Waals surface area contributed by atoms with Gasteiger partial charge in [0.2, 0.25) is 11.8 Å². The van der Waals surface area contributed by atoms with Crippen LogP contribution in [0.4, 0.5) is 15.8 Å². The number of hydrogen-bond donors (Lipinski definition) is 4. The van der Waals surface area contributed by atoms with Crippen molar-refractivity contribution in [3.63, 3.8) is 0 Å². The average molecular weight is 601 g/mol. The lowest BCUT2D eigenvalue weighted by molar-refractivity contribution is -0.122. The normalized spacial score (nSPS) is 23.4. The van der Waals surface area contributed by atoms with Crippen LogP contribution >= 0.6 is 23.2 Å². The molecule has 0 saturated carbocycles. The monoisotopic (exact) mass is 599 g/mol. The first-order valence-corrected chi connectivity index (χ1v) is 14.2. The second-order valence-electron chi connectivity index (χ2n) is 11.7. The van der Waals surface area contributed by atoms with Gasteiger partial charge in [0.25, 0.3) is 0 Å². The van der Waals surface area contributed by atoms with Crippen LogP contribution in [0.3, 0.4) is 0 Å². The van der Waals surface area contributed by atoms with Gasteiger partial charge in [-0.1, -0.05) is 62.2 Å². The van der Waals surface area contributed by atoms with E-state index >= 15 is 4.39 Å². The molecule has 0 radical (unpaired) electrons. The molecule has 2 aliphatic rings. The number of ether oxygens (including phenoxy) is 1. The van der Waals surface area contributed by atoms with Crippen molar-refractivity contribution in [2.45, 2.75) is 50.6 Å². The van der Waals surface area contributed by atoms with Gasteiger partial charge in [0.1, 0.15) is 23.6 Å². The van der Waals surface area contributed by atoms with Gasteiger partial charge < -0.3 is 25.8 Å². The quantitative estimate of drug-likeness (QED) is 0.271. The van der Waals surface area contributed by atoms with E-state index in [1.165, 1.54) is 6.07 Å². The topological polar surface area (TPSA) is 99.7 Å². The fourth-order valence-corrected chi connectivity index (χ4v) is 6.52. The van der Waals surface area contributed by atoms with Gasteiger partial charge in [-0.05, 0) is 65.4 Å². The highest BCUT2D eigenvalue weighted by atomic mass is 35.5. The van der Waals surface area contributed by atoms with E-state index in [0.29, 0.717) is 34.1 Å². The molecule has 3 aromatic carbocycles. The van der Waals surface area contributed by atoms with Gasteiger partial charge in [0.05, 0.1) is 17.7 Å². The minimum absolute atomic E-state index is 0.0933. The second kappa shape index (κ2) is 11.2. The second-order valence-corrected chi connectivity index (χ2v) is 12.5. The SMILES string of the molecule is CC(C)(C)C[C@@H]1N[C@@H](C(=O)Nc2ccc(OCCO)cc2)[C@@H](c2cccc(Cl)c2F)C12C(=O)Nc1cc(Cl)ccc12. The molecular weight excluding hydrogens is 568 g/mol. The molecule has 1 saturated heterocycles. The number of carbonyl (C=O) groups is 2. The van der Waals surface area contributed by atoms with E-state index in [-0.39, 0.29) is 35.1 Å². The van der Waals surface area contributed by atoms with Crippen LogP contribution < -0.4 is 20.7 Å². The molecule has 4 N–H and O–H groups in total. The number of hydrogen-bond acceptors (Lipinski definition) is 5. The van der Waals surface area contributed by atoms with E-state index in [1.807, 2.05) is 0 Å². The van der Waals surface area contributed by atoms with Crippen molar-refractivity contribution < 1.29 is 23.8 Å². The van der Waals surface area contributed by atoms with Gasteiger partial charge in [-0.3, -0.25) is 9.59 Å². The third-order valence-electron chi connectivity index (χ3n) is 7.70. The predicted octanol–water partition coefficient (Wildman–Crippen LogP) is 5.89. The van der Waals surface area contributed by atoms with Crippen LogP contribution in [-0.4, -0.2) is 42.2 Å². The lowest BCUT2D eigenvalue weighted by atomic mass is 9.62. The third-order valence-corrected chi connectivity index (χ3v) is 8.23. The number of fused-ring (bicyclic) bond motifs is 2. The molecule has 4 atom stereocenters. The summed E-state index contributed by atoms with van der Waals surface area (Å²) in [5, 5.41) is 18.7. The molecule has 3 aromatic rings. The summed E-state index contributed by atoms with van der Waals surface area (Å²) in [4.78, 5) is 28.2. The zero-order chi connectivity index (χ0) is 29.5. The fourth-order valence-electron chi connectivity index (χ4n) is 6.17. The first kappa shape index (κ1) is 29.3. The van der Waals surface area contributed by atoms with Crippen molar-refractivity contribution in [1.29, 1.82) is 0 Å². The van der Waals surface area contributed by atoms with Crippen LogP contribution in [0, 0.1) is 11.2 Å². The molecule has 0 bridgehead atoms. The third kappa shape index (κ3) is 5.42. The van der Waals surface area contributed by atoms with Crippen molar-refractivity contribution in [2.24, 2.45) is 5.41 Å². The summed E-state index contributed by atoms with van der Waals surface area (Å²) in [5.41, 5.74) is 0.284. The van der Waals surface area contributed by atoms with Crippen LogP contribution in [0.25, 0.3) is 0 Å². The Morgan fingerprint density at radius 3 is 2.54 bits per heavy atom. The van der Waals surface area contributed by atoms with E-state index in [1.54, 1.807) is 54.6 Å². The van der Waals surface area contributed by atoms with Crippen LogP contribution in [0.5, 0.6) is 5.75 Å². The highest BCUT2D eigenvalue weighted by Gasteiger charge is 2.66. The molecule has 1 unspecified atom stereocenters. The van der Waals surface area contributed by atoms with Crippen LogP contribution in [0.1, 0.15) is 44.2 Å². The van der Waals surface area contributed by atoms with Gasteiger partial charge in [-0.15, -0.1) is 0 Å².